The van der Waals surface area contributed by atoms with E-state index in [0.29, 0.717) is 37.6 Å². The molecule has 0 fully saturated rings. The maximum atomic E-state index is 12.2. The molecule has 0 saturated carbocycles. The van der Waals surface area contributed by atoms with Gasteiger partial charge in [0.05, 0.1) is 13.2 Å². The largest absolute Gasteiger partial charge is 0.399 e. The first kappa shape index (κ1) is 14.5. The van der Waals surface area contributed by atoms with Crippen molar-refractivity contribution in [1.29, 1.82) is 0 Å². The highest BCUT2D eigenvalue weighted by molar-refractivity contribution is 5.94. The Balaban J connectivity index is 2.70. The van der Waals surface area contributed by atoms with Crippen LogP contribution >= 0.6 is 0 Å². The summed E-state index contributed by atoms with van der Waals surface area (Å²) in [5.41, 5.74) is 6.87. The Bertz CT molecular complexity index is 357. The molecule has 100 valence electrons. The zero-order valence-electron chi connectivity index (χ0n) is 10.9. The van der Waals surface area contributed by atoms with Crippen molar-refractivity contribution in [3.63, 3.8) is 0 Å². The maximum Gasteiger partial charge on any atom is 0.254 e. The molecule has 1 aromatic rings. The lowest BCUT2D eigenvalue weighted by atomic mass is 10.2. The predicted octanol–water partition coefficient (Wildman–Crippen LogP) is 1.00. The van der Waals surface area contributed by atoms with Crippen LogP contribution in [0.15, 0.2) is 24.3 Å². The van der Waals surface area contributed by atoms with Gasteiger partial charge in [0.25, 0.3) is 5.91 Å². The molecule has 1 rings (SSSR count). The van der Waals surface area contributed by atoms with Gasteiger partial charge in [0, 0.05) is 38.6 Å². The molecule has 0 heterocycles. The number of methoxy groups -OCH3 is 2. The Kier molecular flexibility index (Phi) is 6.18. The number of nitrogens with zero attached hydrogens (tertiary/aromatic N) is 1. The highest BCUT2D eigenvalue weighted by Gasteiger charge is 2.14. The minimum Gasteiger partial charge on any atom is -0.399 e. The summed E-state index contributed by atoms with van der Waals surface area (Å²) in [7, 11) is 3.23. The molecule has 1 aromatic carbocycles. The molecular formula is C13H20N2O3. The number of hydrogen-bond acceptors (Lipinski definition) is 4. The summed E-state index contributed by atoms with van der Waals surface area (Å²) in [6, 6.07) is 6.89. The van der Waals surface area contributed by atoms with Crippen molar-refractivity contribution in [1.82, 2.24) is 4.90 Å². The van der Waals surface area contributed by atoms with E-state index in [1.165, 1.54) is 0 Å². The fourth-order valence-electron chi connectivity index (χ4n) is 1.53. The summed E-state index contributed by atoms with van der Waals surface area (Å²) in [6.07, 6.45) is 0. The summed E-state index contributed by atoms with van der Waals surface area (Å²) in [5, 5.41) is 0. The van der Waals surface area contributed by atoms with Crippen LogP contribution in [0.3, 0.4) is 0 Å². The Morgan fingerprint density at radius 3 is 2.06 bits per heavy atom. The first-order chi connectivity index (χ1) is 8.69. The lowest BCUT2D eigenvalue weighted by molar-refractivity contribution is 0.0627. The van der Waals surface area contributed by atoms with Gasteiger partial charge in [-0.2, -0.15) is 0 Å². The fourth-order valence-corrected chi connectivity index (χ4v) is 1.53. The number of amides is 1. The van der Waals surface area contributed by atoms with Crippen LogP contribution in [0.1, 0.15) is 10.4 Å². The van der Waals surface area contributed by atoms with Crippen molar-refractivity contribution in [3.8, 4) is 0 Å². The van der Waals surface area contributed by atoms with Gasteiger partial charge in [-0.25, -0.2) is 0 Å². The number of rotatable bonds is 7. The number of nitrogen functional groups attached to an aromatic ring is 1. The molecule has 1 amide bonds. The van der Waals surface area contributed by atoms with Crippen LogP contribution in [0.4, 0.5) is 5.69 Å². The SMILES string of the molecule is COCCN(CCOC)C(=O)c1ccc(N)cc1. The average Bonchev–Trinajstić information content (AvgIpc) is 2.39. The Morgan fingerprint density at radius 1 is 1.11 bits per heavy atom. The van der Waals surface area contributed by atoms with Crippen molar-refractivity contribution in [3.05, 3.63) is 29.8 Å². The molecule has 0 aliphatic heterocycles. The maximum absolute atomic E-state index is 12.2. The molecule has 0 radical (unpaired) electrons. The van der Waals surface area contributed by atoms with E-state index < -0.39 is 0 Å². The molecule has 0 aliphatic rings. The molecule has 0 atom stereocenters. The van der Waals surface area contributed by atoms with Gasteiger partial charge in [-0.05, 0) is 24.3 Å². The summed E-state index contributed by atoms with van der Waals surface area (Å²) in [4.78, 5) is 13.9. The topological polar surface area (TPSA) is 64.8 Å². The summed E-state index contributed by atoms with van der Waals surface area (Å²) in [6.45, 7) is 2.10. The van der Waals surface area contributed by atoms with Crippen LogP contribution in [-0.4, -0.2) is 51.3 Å². The Hall–Kier alpha value is -1.59. The van der Waals surface area contributed by atoms with Crippen molar-refractivity contribution in [2.75, 3.05) is 46.3 Å². The number of nitrogens with two attached hydrogens (primary N) is 1. The predicted molar refractivity (Wildman–Crippen MR) is 70.5 cm³/mol. The smallest absolute Gasteiger partial charge is 0.254 e. The van der Waals surface area contributed by atoms with Gasteiger partial charge < -0.3 is 20.1 Å². The number of benzene rings is 1. The molecule has 0 spiro atoms. The number of carbonyl (C=O) groups excluding carboxylic acids is 1. The standard InChI is InChI=1S/C13H20N2O3/c1-17-9-7-15(8-10-18-2)13(16)11-3-5-12(14)6-4-11/h3-6H,7-10,14H2,1-2H3. The average molecular weight is 252 g/mol. The van der Waals surface area contributed by atoms with Gasteiger partial charge >= 0.3 is 0 Å². The first-order valence-electron chi connectivity index (χ1n) is 5.81. The molecular weight excluding hydrogens is 232 g/mol. The highest BCUT2D eigenvalue weighted by atomic mass is 16.5. The van der Waals surface area contributed by atoms with Gasteiger partial charge in [-0.3, -0.25) is 4.79 Å². The van der Waals surface area contributed by atoms with E-state index in [-0.39, 0.29) is 5.91 Å². The molecule has 0 aromatic heterocycles. The van der Waals surface area contributed by atoms with E-state index in [0.717, 1.165) is 0 Å². The molecule has 18 heavy (non-hydrogen) atoms. The van der Waals surface area contributed by atoms with Crippen molar-refractivity contribution in [2.24, 2.45) is 0 Å². The summed E-state index contributed by atoms with van der Waals surface area (Å²) < 4.78 is 10.0. The van der Waals surface area contributed by atoms with E-state index in [4.69, 9.17) is 15.2 Å². The summed E-state index contributed by atoms with van der Waals surface area (Å²) in [5.74, 6) is -0.0379. The normalized spacial score (nSPS) is 10.3. The first-order valence-corrected chi connectivity index (χ1v) is 5.81. The van der Waals surface area contributed by atoms with Crippen LogP contribution in [0.25, 0.3) is 0 Å². The number of ether oxygens (including phenoxy) is 2. The van der Waals surface area contributed by atoms with Crippen LogP contribution in [0, 0.1) is 0 Å². The Labute approximate surface area is 107 Å². The second kappa shape index (κ2) is 7.68. The van der Waals surface area contributed by atoms with Gasteiger partial charge in [0.1, 0.15) is 0 Å². The van der Waals surface area contributed by atoms with Gasteiger partial charge in [0.15, 0.2) is 0 Å². The van der Waals surface area contributed by atoms with Crippen LogP contribution in [0.2, 0.25) is 0 Å². The van der Waals surface area contributed by atoms with E-state index in [9.17, 15) is 4.79 Å². The third-order valence-corrected chi connectivity index (χ3v) is 2.58. The van der Waals surface area contributed by atoms with Crippen molar-refractivity contribution >= 4 is 11.6 Å². The lowest BCUT2D eigenvalue weighted by Gasteiger charge is -2.22. The minimum absolute atomic E-state index is 0.0379. The van der Waals surface area contributed by atoms with Gasteiger partial charge in [0.2, 0.25) is 0 Å². The monoisotopic (exact) mass is 252 g/mol. The fraction of sp³-hybridized carbons (Fsp3) is 0.462. The van der Waals surface area contributed by atoms with Crippen molar-refractivity contribution < 1.29 is 14.3 Å². The molecule has 0 saturated heterocycles. The van der Waals surface area contributed by atoms with Gasteiger partial charge in [-0.15, -0.1) is 0 Å². The molecule has 0 aliphatic carbocycles. The van der Waals surface area contributed by atoms with Crippen LogP contribution < -0.4 is 5.73 Å². The quantitative estimate of drug-likeness (QED) is 0.735. The third kappa shape index (κ3) is 4.35. The van der Waals surface area contributed by atoms with E-state index in [1.54, 1.807) is 43.4 Å². The molecule has 0 bridgehead atoms. The summed E-state index contributed by atoms with van der Waals surface area (Å²) >= 11 is 0. The minimum atomic E-state index is -0.0379. The molecule has 0 unspecified atom stereocenters. The van der Waals surface area contributed by atoms with Crippen molar-refractivity contribution in [2.45, 2.75) is 0 Å². The second-order valence-corrected chi connectivity index (χ2v) is 3.90. The highest BCUT2D eigenvalue weighted by Crippen LogP contribution is 2.08. The Morgan fingerprint density at radius 2 is 1.61 bits per heavy atom. The number of anilines is 1. The van der Waals surface area contributed by atoms with E-state index in [1.807, 2.05) is 0 Å². The van der Waals surface area contributed by atoms with Crippen LogP contribution in [0.5, 0.6) is 0 Å². The van der Waals surface area contributed by atoms with Gasteiger partial charge in [-0.1, -0.05) is 0 Å². The molecule has 5 nitrogen and oxygen atoms in total. The zero-order valence-corrected chi connectivity index (χ0v) is 10.9. The van der Waals surface area contributed by atoms with E-state index >= 15 is 0 Å². The molecule has 5 heteroatoms. The number of hydrogen-bond donors (Lipinski definition) is 1. The lowest BCUT2D eigenvalue weighted by Crippen LogP contribution is -2.36. The molecule has 2 N–H and O–H groups in total. The zero-order chi connectivity index (χ0) is 13.4. The second-order valence-electron chi connectivity index (χ2n) is 3.90. The van der Waals surface area contributed by atoms with E-state index in [2.05, 4.69) is 0 Å². The third-order valence-electron chi connectivity index (χ3n) is 2.58. The number of carbonyl (C=O) groups is 1. The van der Waals surface area contributed by atoms with Crippen LogP contribution in [-0.2, 0) is 9.47 Å².